The number of imide groups is 1. The summed E-state index contributed by atoms with van der Waals surface area (Å²) in [5, 5.41) is 2.71. The monoisotopic (exact) mass is 338 g/mol. The van der Waals surface area contributed by atoms with Gasteiger partial charge in [0.05, 0.1) is 11.1 Å². The van der Waals surface area contributed by atoms with E-state index in [1.807, 2.05) is 25.1 Å². The Morgan fingerprint density at radius 2 is 1.80 bits per heavy atom. The first-order valence-electron chi connectivity index (χ1n) is 7.87. The van der Waals surface area contributed by atoms with E-state index in [4.69, 9.17) is 4.74 Å². The van der Waals surface area contributed by atoms with Crippen molar-refractivity contribution in [2.24, 2.45) is 0 Å². The first-order chi connectivity index (χ1) is 11.9. The van der Waals surface area contributed by atoms with Crippen LogP contribution >= 0.6 is 0 Å². The van der Waals surface area contributed by atoms with Crippen LogP contribution in [0, 0.1) is 6.92 Å². The number of benzene rings is 2. The molecule has 0 bridgehead atoms. The molecule has 3 amide bonds. The molecule has 1 aliphatic heterocycles. The highest BCUT2D eigenvalue weighted by atomic mass is 16.5. The highest BCUT2D eigenvalue weighted by Gasteiger charge is 2.32. The van der Waals surface area contributed by atoms with Crippen molar-refractivity contribution in [3.05, 3.63) is 59.2 Å². The van der Waals surface area contributed by atoms with E-state index in [2.05, 4.69) is 5.32 Å². The van der Waals surface area contributed by atoms with Crippen LogP contribution in [0.2, 0.25) is 0 Å². The van der Waals surface area contributed by atoms with Gasteiger partial charge in [0.1, 0.15) is 5.75 Å². The Morgan fingerprint density at radius 1 is 1.08 bits per heavy atom. The van der Waals surface area contributed by atoms with Gasteiger partial charge in [-0.1, -0.05) is 12.1 Å². The van der Waals surface area contributed by atoms with Gasteiger partial charge in [-0.15, -0.1) is 0 Å². The van der Waals surface area contributed by atoms with Crippen LogP contribution in [0.4, 0.5) is 5.69 Å². The van der Waals surface area contributed by atoms with E-state index in [9.17, 15) is 14.4 Å². The second kappa shape index (κ2) is 6.39. The zero-order valence-electron chi connectivity index (χ0n) is 14.2. The van der Waals surface area contributed by atoms with E-state index in [1.165, 1.54) is 13.1 Å². The van der Waals surface area contributed by atoms with E-state index < -0.39 is 6.10 Å². The third-order valence-corrected chi connectivity index (χ3v) is 4.03. The second-order valence-corrected chi connectivity index (χ2v) is 6.00. The number of anilines is 1. The minimum absolute atomic E-state index is 0.289. The lowest BCUT2D eigenvalue weighted by molar-refractivity contribution is -0.122. The molecule has 128 valence electrons. The van der Waals surface area contributed by atoms with Crippen molar-refractivity contribution in [1.29, 1.82) is 0 Å². The molecule has 6 heteroatoms. The van der Waals surface area contributed by atoms with Crippen molar-refractivity contribution in [2.75, 3.05) is 12.4 Å². The Balaban J connectivity index is 1.71. The van der Waals surface area contributed by atoms with Crippen LogP contribution in [0.3, 0.4) is 0 Å². The fourth-order valence-electron chi connectivity index (χ4n) is 2.63. The van der Waals surface area contributed by atoms with Crippen LogP contribution in [-0.4, -0.2) is 35.8 Å². The molecule has 0 spiro atoms. The molecule has 1 heterocycles. The summed E-state index contributed by atoms with van der Waals surface area (Å²) < 4.78 is 5.64. The molecule has 0 saturated carbocycles. The maximum Gasteiger partial charge on any atom is 0.265 e. The predicted octanol–water partition coefficient (Wildman–Crippen LogP) is 2.63. The van der Waals surface area contributed by atoms with Crippen LogP contribution in [-0.2, 0) is 4.79 Å². The second-order valence-electron chi connectivity index (χ2n) is 6.00. The summed E-state index contributed by atoms with van der Waals surface area (Å²) in [6, 6.07) is 12.1. The minimum Gasteiger partial charge on any atom is -0.481 e. The van der Waals surface area contributed by atoms with Crippen LogP contribution < -0.4 is 10.1 Å². The first-order valence-corrected chi connectivity index (χ1v) is 7.87. The van der Waals surface area contributed by atoms with Crippen LogP contribution in [0.15, 0.2) is 42.5 Å². The average Bonchev–Trinajstić information content (AvgIpc) is 2.79. The Kier molecular flexibility index (Phi) is 4.27. The van der Waals surface area contributed by atoms with Gasteiger partial charge in [-0.25, -0.2) is 0 Å². The third kappa shape index (κ3) is 3.24. The summed E-state index contributed by atoms with van der Waals surface area (Å²) in [6.45, 7) is 3.59. The summed E-state index contributed by atoms with van der Waals surface area (Å²) >= 11 is 0. The largest absolute Gasteiger partial charge is 0.481 e. The number of fused-ring (bicyclic) bond motifs is 1. The van der Waals surface area contributed by atoms with E-state index in [0.29, 0.717) is 17.0 Å². The third-order valence-electron chi connectivity index (χ3n) is 4.03. The number of nitrogens with zero attached hydrogens (tertiary/aromatic N) is 1. The van der Waals surface area contributed by atoms with Gasteiger partial charge in [0.2, 0.25) is 0 Å². The van der Waals surface area contributed by atoms with Crippen molar-refractivity contribution >= 4 is 23.4 Å². The van der Waals surface area contributed by atoms with Crippen LogP contribution in [0.25, 0.3) is 0 Å². The van der Waals surface area contributed by atoms with Gasteiger partial charge in [0, 0.05) is 12.7 Å². The molecule has 1 N–H and O–H groups in total. The molecule has 0 aromatic heterocycles. The molecule has 2 aromatic carbocycles. The lowest BCUT2D eigenvalue weighted by Gasteiger charge is -2.15. The van der Waals surface area contributed by atoms with Gasteiger partial charge < -0.3 is 10.1 Å². The molecule has 3 rings (SSSR count). The lowest BCUT2D eigenvalue weighted by Crippen LogP contribution is -2.30. The fourth-order valence-corrected chi connectivity index (χ4v) is 2.63. The van der Waals surface area contributed by atoms with Crippen LogP contribution in [0.5, 0.6) is 5.75 Å². The number of aryl methyl sites for hydroxylation is 1. The minimum atomic E-state index is -0.713. The summed E-state index contributed by atoms with van der Waals surface area (Å²) in [5.41, 5.74) is 2.11. The van der Waals surface area contributed by atoms with Gasteiger partial charge in [0.25, 0.3) is 17.7 Å². The zero-order chi connectivity index (χ0) is 18.1. The van der Waals surface area contributed by atoms with E-state index >= 15 is 0 Å². The number of nitrogens with one attached hydrogen (secondary N) is 1. The maximum atomic E-state index is 12.3. The number of hydrogen-bond donors (Lipinski definition) is 1. The van der Waals surface area contributed by atoms with E-state index in [0.717, 1.165) is 10.5 Å². The van der Waals surface area contributed by atoms with Gasteiger partial charge >= 0.3 is 0 Å². The first kappa shape index (κ1) is 16.7. The quantitative estimate of drug-likeness (QED) is 0.870. The van der Waals surface area contributed by atoms with Crippen molar-refractivity contribution in [3.63, 3.8) is 0 Å². The van der Waals surface area contributed by atoms with Crippen molar-refractivity contribution in [3.8, 4) is 5.75 Å². The summed E-state index contributed by atoms with van der Waals surface area (Å²) in [5.74, 6) is -0.445. The topological polar surface area (TPSA) is 75.7 Å². The Morgan fingerprint density at radius 3 is 2.52 bits per heavy atom. The molecule has 6 nitrogen and oxygen atoms in total. The van der Waals surface area contributed by atoms with Crippen LogP contribution in [0.1, 0.15) is 33.2 Å². The van der Waals surface area contributed by atoms with Crippen molar-refractivity contribution in [2.45, 2.75) is 20.0 Å². The number of ether oxygens (including phenoxy) is 1. The van der Waals surface area contributed by atoms with E-state index in [-0.39, 0.29) is 23.3 Å². The molecule has 0 saturated heterocycles. The number of carbonyl (C=O) groups is 3. The SMILES string of the molecule is Cc1cccc(O[C@@H](C)C(=O)Nc2ccc3c(c2)C(=O)N(C)C3=O)c1. The molecule has 2 aromatic rings. The Hall–Kier alpha value is -3.15. The van der Waals surface area contributed by atoms with Gasteiger partial charge in [0.15, 0.2) is 6.10 Å². The van der Waals surface area contributed by atoms with Crippen molar-refractivity contribution in [1.82, 2.24) is 4.90 Å². The molecule has 0 unspecified atom stereocenters. The number of hydrogen-bond acceptors (Lipinski definition) is 4. The molecular formula is C19H18N2O4. The fraction of sp³-hybridized carbons (Fsp3) is 0.211. The summed E-state index contributed by atoms with van der Waals surface area (Å²) in [6.07, 6.45) is -0.713. The molecule has 0 aliphatic carbocycles. The maximum absolute atomic E-state index is 12.3. The van der Waals surface area contributed by atoms with E-state index in [1.54, 1.807) is 25.1 Å². The smallest absolute Gasteiger partial charge is 0.265 e. The number of carbonyl (C=O) groups excluding carboxylic acids is 3. The highest BCUT2D eigenvalue weighted by Crippen LogP contribution is 2.25. The Bertz CT molecular complexity index is 875. The standard InChI is InChI=1S/C19H18N2O4/c1-11-5-4-6-14(9-11)25-12(2)17(22)20-13-7-8-15-16(10-13)19(24)21(3)18(15)23/h4-10,12H,1-3H3,(H,20,22)/t12-/m0/s1. The van der Waals surface area contributed by atoms with Gasteiger partial charge in [-0.2, -0.15) is 0 Å². The zero-order valence-corrected chi connectivity index (χ0v) is 14.2. The predicted molar refractivity (Wildman–Crippen MR) is 92.8 cm³/mol. The number of rotatable bonds is 4. The van der Waals surface area contributed by atoms with Gasteiger partial charge in [-0.05, 0) is 49.7 Å². The van der Waals surface area contributed by atoms with Gasteiger partial charge in [-0.3, -0.25) is 19.3 Å². The molecule has 1 aliphatic rings. The lowest BCUT2D eigenvalue weighted by atomic mass is 10.1. The molecule has 25 heavy (non-hydrogen) atoms. The molecule has 0 fully saturated rings. The molecule has 1 atom stereocenters. The normalized spacial score (nSPS) is 14.3. The Labute approximate surface area is 145 Å². The van der Waals surface area contributed by atoms with Crippen molar-refractivity contribution < 1.29 is 19.1 Å². The summed E-state index contributed by atoms with van der Waals surface area (Å²) in [7, 11) is 1.43. The molecular weight excluding hydrogens is 320 g/mol. The summed E-state index contributed by atoms with van der Waals surface area (Å²) in [4.78, 5) is 37.3. The average molecular weight is 338 g/mol. The number of amides is 3. The highest BCUT2D eigenvalue weighted by molar-refractivity contribution is 6.21. The molecule has 0 radical (unpaired) electrons.